The molecule has 0 amide bonds. The summed E-state index contributed by atoms with van der Waals surface area (Å²) in [6.07, 6.45) is -1.04. The molecule has 4 rings (SSSR count). The Morgan fingerprint density at radius 1 is 0.960 bits per heavy atom. The SMILES string of the molecule is CC1O[C@@H]2[C@@H](COC2(O)C(Sc2ccccc2)Sc2ccccc2)O1. The van der Waals surface area contributed by atoms with E-state index in [1.54, 1.807) is 23.5 Å². The first kappa shape index (κ1) is 17.4. The Hall–Kier alpha value is -1.02. The van der Waals surface area contributed by atoms with Crippen molar-refractivity contribution in [2.24, 2.45) is 0 Å². The van der Waals surface area contributed by atoms with Gasteiger partial charge in [-0.05, 0) is 31.2 Å². The molecule has 4 nitrogen and oxygen atoms in total. The summed E-state index contributed by atoms with van der Waals surface area (Å²) in [5.41, 5.74) is 0. The number of hydrogen-bond donors (Lipinski definition) is 1. The summed E-state index contributed by atoms with van der Waals surface area (Å²) in [6, 6.07) is 20.1. The average molecular weight is 376 g/mol. The van der Waals surface area contributed by atoms with Gasteiger partial charge in [-0.25, -0.2) is 0 Å². The molecule has 2 unspecified atom stereocenters. The van der Waals surface area contributed by atoms with Crippen molar-refractivity contribution in [1.29, 1.82) is 0 Å². The maximum atomic E-state index is 11.4. The van der Waals surface area contributed by atoms with E-state index in [-0.39, 0.29) is 17.0 Å². The van der Waals surface area contributed by atoms with Gasteiger partial charge in [0.15, 0.2) is 6.29 Å². The third kappa shape index (κ3) is 3.60. The zero-order chi connectivity index (χ0) is 17.3. The molecule has 4 atom stereocenters. The van der Waals surface area contributed by atoms with Crippen LogP contribution >= 0.6 is 23.5 Å². The molecule has 1 N–H and O–H groups in total. The van der Waals surface area contributed by atoms with Gasteiger partial charge in [-0.2, -0.15) is 0 Å². The summed E-state index contributed by atoms with van der Waals surface area (Å²) in [6.45, 7) is 2.19. The summed E-state index contributed by atoms with van der Waals surface area (Å²) < 4.78 is 17.1. The van der Waals surface area contributed by atoms with E-state index in [0.29, 0.717) is 6.61 Å². The lowest BCUT2D eigenvalue weighted by Gasteiger charge is -2.34. The molecule has 2 saturated heterocycles. The Kier molecular flexibility index (Phi) is 5.08. The van der Waals surface area contributed by atoms with Crippen molar-refractivity contribution in [2.75, 3.05) is 6.61 Å². The first-order valence-corrected chi connectivity index (χ1v) is 10.0. The average Bonchev–Trinajstić information content (AvgIpc) is 3.15. The molecule has 2 aliphatic heterocycles. The van der Waals surface area contributed by atoms with Crippen LogP contribution in [0.5, 0.6) is 0 Å². The van der Waals surface area contributed by atoms with E-state index in [4.69, 9.17) is 14.2 Å². The smallest absolute Gasteiger partial charge is 0.217 e. The lowest BCUT2D eigenvalue weighted by molar-refractivity contribution is -0.226. The zero-order valence-electron chi connectivity index (χ0n) is 13.8. The number of ether oxygens (including phenoxy) is 3. The van der Waals surface area contributed by atoms with E-state index in [2.05, 4.69) is 0 Å². The highest BCUT2D eigenvalue weighted by Crippen LogP contribution is 2.48. The molecule has 0 aromatic heterocycles. The van der Waals surface area contributed by atoms with Gasteiger partial charge in [-0.1, -0.05) is 36.4 Å². The Balaban J connectivity index is 1.62. The van der Waals surface area contributed by atoms with E-state index in [1.165, 1.54) is 0 Å². The second kappa shape index (κ2) is 7.31. The first-order valence-electron chi connectivity index (χ1n) is 8.26. The van der Waals surface area contributed by atoms with Crippen LogP contribution in [0.15, 0.2) is 70.5 Å². The molecule has 0 bridgehead atoms. The molecule has 132 valence electrons. The summed E-state index contributed by atoms with van der Waals surface area (Å²) in [5, 5.41) is 11.4. The van der Waals surface area contributed by atoms with Gasteiger partial charge in [0, 0.05) is 9.79 Å². The van der Waals surface area contributed by atoms with Crippen LogP contribution in [0.4, 0.5) is 0 Å². The lowest BCUT2D eigenvalue weighted by Crippen LogP contribution is -2.49. The molecular formula is C19H20O4S2. The van der Waals surface area contributed by atoms with Crippen LogP contribution in [-0.4, -0.2) is 40.6 Å². The molecule has 6 heteroatoms. The molecule has 0 saturated carbocycles. The number of benzene rings is 2. The van der Waals surface area contributed by atoms with Crippen LogP contribution in [0.1, 0.15) is 6.92 Å². The van der Waals surface area contributed by atoms with E-state index >= 15 is 0 Å². The van der Waals surface area contributed by atoms with E-state index in [0.717, 1.165) is 9.79 Å². The normalized spacial score (nSPS) is 31.4. The van der Waals surface area contributed by atoms with Gasteiger partial charge < -0.3 is 19.3 Å². The first-order chi connectivity index (χ1) is 12.1. The van der Waals surface area contributed by atoms with Crippen LogP contribution in [-0.2, 0) is 14.2 Å². The van der Waals surface area contributed by atoms with Gasteiger partial charge in [0.1, 0.15) is 16.8 Å². The Morgan fingerprint density at radius 3 is 2.08 bits per heavy atom. The highest BCUT2D eigenvalue weighted by Gasteiger charge is 2.59. The van der Waals surface area contributed by atoms with Crippen LogP contribution < -0.4 is 0 Å². The second-order valence-corrected chi connectivity index (χ2v) is 8.71. The van der Waals surface area contributed by atoms with Crippen molar-refractivity contribution in [3.63, 3.8) is 0 Å². The van der Waals surface area contributed by atoms with Crippen molar-refractivity contribution >= 4 is 23.5 Å². The predicted molar refractivity (Wildman–Crippen MR) is 98.5 cm³/mol. The van der Waals surface area contributed by atoms with Gasteiger partial charge >= 0.3 is 0 Å². The molecule has 2 aromatic carbocycles. The molecule has 2 aromatic rings. The Bertz CT molecular complexity index is 658. The fourth-order valence-corrected chi connectivity index (χ4v) is 5.80. The van der Waals surface area contributed by atoms with Crippen molar-refractivity contribution in [2.45, 2.75) is 45.6 Å². The lowest BCUT2D eigenvalue weighted by atomic mass is 10.1. The molecule has 0 aliphatic carbocycles. The molecule has 2 heterocycles. The van der Waals surface area contributed by atoms with Gasteiger partial charge in [0.25, 0.3) is 0 Å². The largest absolute Gasteiger partial charge is 0.362 e. The third-order valence-corrected chi connectivity index (χ3v) is 7.01. The molecular weight excluding hydrogens is 356 g/mol. The number of aliphatic hydroxyl groups is 1. The third-order valence-electron chi connectivity index (χ3n) is 4.24. The monoisotopic (exact) mass is 376 g/mol. The molecule has 2 fully saturated rings. The van der Waals surface area contributed by atoms with Crippen LogP contribution in [0, 0.1) is 0 Å². The number of rotatable bonds is 5. The van der Waals surface area contributed by atoms with E-state index in [9.17, 15) is 5.11 Å². The number of thioether (sulfide) groups is 2. The summed E-state index contributed by atoms with van der Waals surface area (Å²) in [7, 11) is 0. The quantitative estimate of drug-likeness (QED) is 0.634. The fourth-order valence-electron chi connectivity index (χ4n) is 3.07. The number of hydrogen-bond acceptors (Lipinski definition) is 6. The van der Waals surface area contributed by atoms with Gasteiger partial charge in [-0.3, -0.25) is 0 Å². The zero-order valence-corrected chi connectivity index (χ0v) is 15.4. The van der Waals surface area contributed by atoms with Crippen LogP contribution in [0.3, 0.4) is 0 Å². The van der Waals surface area contributed by atoms with Crippen molar-refractivity contribution in [3.8, 4) is 0 Å². The van der Waals surface area contributed by atoms with Gasteiger partial charge in [0.05, 0.1) is 6.61 Å². The number of fused-ring (bicyclic) bond motifs is 1. The summed E-state index contributed by atoms with van der Waals surface area (Å²) in [4.78, 5) is 2.15. The van der Waals surface area contributed by atoms with Gasteiger partial charge in [0.2, 0.25) is 5.79 Å². The maximum absolute atomic E-state index is 11.4. The predicted octanol–water partition coefficient (Wildman–Crippen LogP) is 3.75. The van der Waals surface area contributed by atoms with E-state index in [1.807, 2.05) is 67.6 Å². The van der Waals surface area contributed by atoms with Crippen LogP contribution in [0.25, 0.3) is 0 Å². The van der Waals surface area contributed by atoms with Gasteiger partial charge in [-0.15, -0.1) is 23.5 Å². The highest BCUT2D eigenvalue weighted by atomic mass is 32.2. The second-order valence-electron chi connectivity index (χ2n) is 6.06. The van der Waals surface area contributed by atoms with Crippen molar-refractivity contribution < 1.29 is 19.3 Å². The Labute approximate surface area is 155 Å². The minimum absolute atomic E-state index is 0.227. The topological polar surface area (TPSA) is 47.9 Å². The summed E-state index contributed by atoms with van der Waals surface area (Å²) >= 11 is 3.16. The minimum atomic E-state index is -1.42. The molecule has 2 aliphatic rings. The fraction of sp³-hybridized carbons (Fsp3) is 0.368. The highest BCUT2D eigenvalue weighted by molar-refractivity contribution is 8.17. The van der Waals surface area contributed by atoms with Crippen molar-refractivity contribution in [1.82, 2.24) is 0 Å². The minimum Gasteiger partial charge on any atom is -0.362 e. The molecule has 0 spiro atoms. The molecule has 25 heavy (non-hydrogen) atoms. The van der Waals surface area contributed by atoms with Crippen LogP contribution in [0.2, 0.25) is 0 Å². The van der Waals surface area contributed by atoms with Crippen molar-refractivity contribution in [3.05, 3.63) is 60.7 Å². The Morgan fingerprint density at radius 2 is 1.52 bits per heavy atom. The maximum Gasteiger partial charge on any atom is 0.217 e. The standard InChI is InChI=1S/C19H20O4S2/c1-13-22-16-12-21-19(20,17(16)23-13)18(24-14-8-4-2-5-9-14)25-15-10-6-3-7-11-15/h2-11,13,16-18,20H,12H2,1H3/t13?,16-,17-,19?/m1/s1. The van der Waals surface area contributed by atoms with E-state index < -0.39 is 11.9 Å². The molecule has 0 radical (unpaired) electrons. The summed E-state index contributed by atoms with van der Waals surface area (Å²) in [5.74, 6) is -1.42.